The SMILES string of the molecule is O=C(NC1CN2CC[C@H]1C2)n1ccc(-c2ccccc2Cl)c1. The Hall–Kier alpha value is -1.78. The molecule has 114 valence electrons. The quantitative estimate of drug-likeness (QED) is 0.925. The van der Waals surface area contributed by atoms with E-state index in [1.807, 2.05) is 36.5 Å². The fraction of sp³-hybridized carbons (Fsp3) is 0.353. The summed E-state index contributed by atoms with van der Waals surface area (Å²) in [5.74, 6) is 0.613. The molecule has 4 nitrogen and oxygen atoms in total. The van der Waals surface area contributed by atoms with Crippen LogP contribution in [-0.2, 0) is 0 Å². The van der Waals surface area contributed by atoms with Crippen LogP contribution in [0, 0.1) is 5.92 Å². The van der Waals surface area contributed by atoms with E-state index in [4.69, 9.17) is 11.6 Å². The van der Waals surface area contributed by atoms with Crippen molar-refractivity contribution >= 4 is 17.6 Å². The average Bonchev–Trinajstić information content (AvgIpc) is 3.24. The highest BCUT2D eigenvalue weighted by Gasteiger charge is 2.38. The third-order valence-electron chi connectivity index (χ3n) is 4.75. The topological polar surface area (TPSA) is 37.3 Å². The summed E-state index contributed by atoms with van der Waals surface area (Å²) in [6.07, 6.45) is 4.83. The summed E-state index contributed by atoms with van der Waals surface area (Å²) in [5, 5.41) is 3.85. The predicted octanol–water partition coefficient (Wildman–Crippen LogP) is 3.07. The normalized spacial score (nSPS) is 26.3. The number of piperidine rings is 1. The highest BCUT2D eigenvalue weighted by atomic mass is 35.5. The second-order valence-corrected chi connectivity index (χ2v) is 6.56. The van der Waals surface area contributed by atoms with Crippen LogP contribution in [0.4, 0.5) is 4.79 Å². The molecule has 1 amide bonds. The standard InChI is InChI=1S/C17H18ClN3O/c18-15-4-2-1-3-14(15)12-6-8-21(10-12)17(22)19-16-11-20-7-5-13(16)9-20/h1-4,6,8,10,13,16H,5,7,9,11H2,(H,19,22)/t13-,16?/m0/s1. The molecule has 0 aliphatic carbocycles. The van der Waals surface area contributed by atoms with Crippen LogP contribution in [0.5, 0.6) is 0 Å². The lowest BCUT2D eigenvalue weighted by atomic mass is 10.0. The van der Waals surface area contributed by atoms with Gasteiger partial charge in [-0.05, 0) is 31.0 Å². The summed E-state index contributed by atoms with van der Waals surface area (Å²) >= 11 is 6.21. The summed E-state index contributed by atoms with van der Waals surface area (Å²) in [6.45, 7) is 3.29. The third-order valence-corrected chi connectivity index (χ3v) is 5.08. The average molecular weight is 316 g/mol. The lowest BCUT2D eigenvalue weighted by Crippen LogP contribution is -2.44. The number of aromatic nitrogens is 1. The van der Waals surface area contributed by atoms with Gasteiger partial charge in [-0.15, -0.1) is 0 Å². The molecule has 1 aromatic heterocycles. The fourth-order valence-electron chi connectivity index (χ4n) is 3.56. The molecule has 2 aromatic rings. The van der Waals surface area contributed by atoms with E-state index in [-0.39, 0.29) is 12.1 Å². The molecule has 5 heteroatoms. The minimum absolute atomic E-state index is 0.0583. The van der Waals surface area contributed by atoms with E-state index in [0.717, 1.165) is 24.2 Å². The van der Waals surface area contributed by atoms with Gasteiger partial charge in [-0.2, -0.15) is 0 Å². The molecule has 1 aromatic carbocycles. The second kappa shape index (κ2) is 5.45. The van der Waals surface area contributed by atoms with Gasteiger partial charge in [-0.1, -0.05) is 29.8 Å². The van der Waals surface area contributed by atoms with Gasteiger partial charge in [-0.3, -0.25) is 4.57 Å². The predicted molar refractivity (Wildman–Crippen MR) is 87.1 cm³/mol. The smallest absolute Gasteiger partial charge is 0.325 e. The summed E-state index contributed by atoms with van der Waals surface area (Å²) in [7, 11) is 0. The van der Waals surface area contributed by atoms with Crippen molar-refractivity contribution in [2.45, 2.75) is 12.5 Å². The van der Waals surface area contributed by atoms with Crippen LogP contribution in [0.15, 0.2) is 42.7 Å². The van der Waals surface area contributed by atoms with Gasteiger partial charge in [0.05, 0.1) is 0 Å². The summed E-state index contributed by atoms with van der Waals surface area (Å²) in [6, 6.07) is 9.82. The first-order valence-electron chi connectivity index (χ1n) is 7.67. The minimum Gasteiger partial charge on any atom is -0.333 e. The van der Waals surface area contributed by atoms with E-state index in [1.165, 1.54) is 13.0 Å². The van der Waals surface area contributed by atoms with E-state index >= 15 is 0 Å². The van der Waals surface area contributed by atoms with Crippen LogP contribution >= 0.6 is 11.6 Å². The Labute approximate surface area is 134 Å². The molecule has 0 radical (unpaired) electrons. The summed E-state index contributed by atoms with van der Waals surface area (Å²) in [4.78, 5) is 14.8. The number of carbonyl (C=O) groups excluding carboxylic acids is 1. The zero-order valence-electron chi connectivity index (χ0n) is 12.2. The van der Waals surface area contributed by atoms with E-state index in [0.29, 0.717) is 10.9 Å². The first-order valence-corrected chi connectivity index (χ1v) is 8.04. The molecule has 3 heterocycles. The molecule has 1 N–H and O–H groups in total. The van der Waals surface area contributed by atoms with Crippen LogP contribution in [0.2, 0.25) is 5.02 Å². The monoisotopic (exact) mass is 315 g/mol. The highest BCUT2D eigenvalue weighted by molar-refractivity contribution is 6.33. The highest BCUT2D eigenvalue weighted by Crippen LogP contribution is 2.29. The molecule has 0 saturated carbocycles. The Kier molecular flexibility index (Phi) is 3.43. The number of hydrogen-bond acceptors (Lipinski definition) is 2. The molecule has 4 rings (SSSR count). The number of carbonyl (C=O) groups is 1. The lowest BCUT2D eigenvalue weighted by Gasteiger charge is -2.23. The van der Waals surface area contributed by atoms with Crippen molar-refractivity contribution in [2.24, 2.45) is 5.92 Å². The van der Waals surface area contributed by atoms with E-state index in [9.17, 15) is 4.79 Å². The number of rotatable bonds is 2. The number of amides is 1. The number of nitrogens with zero attached hydrogens (tertiary/aromatic N) is 2. The Balaban J connectivity index is 1.49. The van der Waals surface area contributed by atoms with Crippen LogP contribution in [-0.4, -0.2) is 41.2 Å². The molecule has 2 saturated heterocycles. The van der Waals surface area contributed by atoms with Gasteiger partial charge >= 0.3 is 6.03 Å². The van der Waals surface area contributed by atoms with Crippen LogP contribution < -0.4 is 5.32 Å². The first-order chi connectivity index (χ1) is 10.7. The largest absolute Gasteiger partial charge is 0.333 e. The second-order valence-electron chi connectivity index (χ2n) is 6.15. The van der Waals surface area contributed by atoms with E-state index in [1.54, 1.807) is 10.8 Å². The van der Waals surface area contributed by atoms with Crippen molar-refractivity contribution in [3.05, 3.63) is 47.7 Å². The first kappa shape index (κ1) is 13.9. The maximum atomic E-state index is 12.4. The molecule has 2 fully saturated rings. The molecule has 2 bridgehead atoms. The Morgan fingerprint density at radius 3 is 2.82 bits per heavy atom. The van der Waals surface area contributed by atoms with Gasteiger partial charge in [0.25, 0.3) is 0 Å². The third kappa shape index (κ3) is 2.42. The van der Waals surface area contributed by atoms with E-state index in [2.05, 4.69) is 10.2 Å². The maximum absolute atomic E-state index is 12.4. The summed E-state index contributed by atoms with van der Waals surface area (Å²) in [5.41, 5.74) is 1.90. The van der Waals surface area contributed by atoms with Crippen LogP contribution in [0.3, 0.4) is 0 Å². The molecule has 2 aliphatic rings. The number of nitrogens with one attached hydrogen (secondary N) is 1. The zero-order valence-corrected chi connectivity index (χ0v) is 13.0. The van der Waals surface area contributed by atoms with Crippen LogP contribution in [0.25, 0.3) is 11.1 Å². The van der Waals surface area contributed by atoms with E-state index < -0.39 is 0 Å². The van der Waals surface area contributed by atoms with Crippen molar-refractivity contribution in [3.63, 3.8) is 0 Å². The van der Waals surface area contributed by atoms with Crippen molar-refractivity contribution in [2.75, 3.05) is 19.6 Å². The van der Waals surface area contributed by atoms with Gasteiger partial charge in [0.2, 0.25) is 0 Å². The van der Waals surface area contributed by atoms with Gasteiger partial charge in [0.15, 0.2) is 0 Å². The summed E-state index contributed by atoms with van der Waals surface area (Å²) < 4.78 is 1.61. The van der Waals surface area contributed by atoms with Crippen molar-refractivity contribution in [1.29, 1.82) is 0 Å². The molecule has 0 spiro atoms. The van der Waals surface area contributed by atoms with Gasteiger partial charge in [0.1, 0.15) is 0 Å². The van der Waals surface area contributed by atoms with Crippen LogP contribution in [0.1, 0.15) is 6.42 Å². The lowest BCUT2D eigenvalue weighted by molar-refractivity contribution is 0.231. The Bertz CT molecular complexity index is 711. The van der Waals surface area contributed by atoms with Gasteiger partial charge in [0, 0.05) is 47.7 Å². The van der Waals surface area contributed by atoms with Gasteiger partial charge < -0.3 is 10.2 Å². The number of hydrogen-bond donors (Lipinski definition) is 1. The zero-order chi connectivity index (χ0) is 15.1. The Morgan fingerprint density at radius 2 is 2.09 bits per heavy atom. The van der Waals surface area contributed by atoms with Gasteiger partial charge in [-0.25, -0.2) is 4.79 Å². The van der Waals surface area contributed by atoms with Crippen molar-refractivity contribution in [1.82, 2.24) is 14.8 Å². The fourth-order valence-corrected chi connectivity index (χ4v) is 3.80. The molecular formula is C17H18ClN3O. The molecular weight excluding hydrogens is 298 g/mol. The number of halogens is 1. The minimum atomic E-state index is -0.0583. The Morgan fingerprint density at radius 1 is 1.23 bits per heavy atom. The molecule has 2 unspecified atom stereocenters. The number of fused-ring (bicyclic) bond motifs is 2. The maximum Gasteiger partial charge on any atom is 0.325 e. The molecule has 2 aliphatic heterocycles. The molecule has 3 atom stereocenters. The number of benzene rings is 1. The van der Waals surface area contributed by atoms with Crippen molar-refractivity contribution in [3.8, 4) is 11.1 Å². The molecule has 22 heavy (non-hydrogen) atoms. The van der Waals surface area contributed by atoms with Crippen molar-refractivity contribution < 1.29 is 4.79 Å².